The summed E-state index contributed by atoms with van der Waals surface area (Å²) in [6.45, 7) is 4.87. The number of piperidine rings is 1. The molecule has 0 spiro atoms. The lowest BCUT2D eigenvalue weighted by Crippen LogP contribution is -2.41. The number of nitrogens with zero attached hydrogens (tertiary/aromatic N) is 1. The van der Waals surface area contributed by atoms with Gasteiger partial charge in [-0.15, -0.1) is 0 Å². The van der Waals surface area contributed by atoms with Gasteiger partial charge in [0.05, 0.1) is 11.1 Å². The molecule has 0 aliphatic carbocycles. The third kappa shape index (κ3) is 3.90. The predicted molar refractivity (Wildman–Crippen MR) is 62.2 cm³/mol. The SMILES string of the molecule is CC(O)CCN1CCCC(C(N)=S)C1. The number of likely N-dealkylation sites (tertiary alicyclic amines) is 1. The number of hydrogen-bond acceptors (Lipinski definition) is 3. The highest BCUT2D eigenvalue weighted by molar-refractivity contribution is 7.80. The van der Waals surface area contributed by atoms with E-state index in [0.29, 0.717) is 10.9 Å². The molecule has 4 heteroatoms. The largest absolute Gasteiger partial charge is 0.393 e. The zero-order valence-corrected chi connectivity index (χ0v) is 9.59. The van der Waals surface area contributed by atoms with Gasteiger partial charge in [-0.25, -0.2) is 0 Å². The Morgan fingerprint density at radius 3 is 3.00 bits per heavy atom. The molecule has 14 heavy (non-hydrogen) atoms. The Labute approximate surface area is 91.3 Å². The van der Waals surface area contributed by atoms with Crippen molar-refractivity contribution in [3.05, 3.63) is 0 Å². The van der Waals surface area contributed by atoms with Gasteiger partial charge in [0.1, 0.15) is 0 Å². The number of nitrogens with two attached hydrogens (primary N) is 1. The number of aliphatic hydroxyl groups is 1. The van der Waals surface area contributed by atoms with Gasteiger partial charge in [0.15, 0.2) is 0 Å². The number of rotatable bonds is 4. The van der Waals surface area contributed by atoms with E-state index in [9.17, 15) is 5.11 Å². The van der Waals surface area contributed by atoms with E-state index in [1.165, 1.54) is 6.42 Å². The molecule has 1 saturated heterocycles. The Morgan fingerprint density at radius 1 is 1.71 bits per heavy atom. The highest BCUT2D eigenvalue weighted by atomic mass is 32.1. The van der Waals surface area contributed by atoms with Crippen LogP contribution < -0.4 is 5.73 Å². The van der Waals surface area contributed by atoms with Crippen molar-refractivity contribution in [2.24, 2.45) is 11.7 Å². The van der Waals surface area contributed by atoms with Crippen molar-refractivity contribution in [2.45, 2.75) is 32.3 Å². The van der Waals surface area contributed by atoms with Crippen molar-refractivity contribution in [2.75, 3.05) is 19.6 Å². The fraction of sp³-hybridized carbons (Fsp3) is 0.900. The van der Waals surface area contributed by atoms with Crippen LogP contribution in [0.15, 0.2) is 0 Å². The maximum Gasteiger partial charge on any atom is 0.0771 e. The van der Waals surface area contributed by atoms with E-state index >= 15 is 0 Å². The van der Waals surface area contributed by atoms with Crippen LogP contribution in [0.1, 0.15) is 26.2 Å². The summed E-state index contributed by atoms with van der Waals surface area (Å²) in [6, 6.07) is 0. The lowest BCUT2D eigenvalue weighted by atomic mass is 9.98. The molecule has 0 aromatic heterocycles. The Bertz CT molecular complexity index is 197. The van der Waals surface area contributed by atoms with Crippen molar-refractivity contribution in [1.29, 1.82) is 0 Å². The molecule has 1 rings (SSSR count). The number of thiocarbonyl (C=S) groups is 1. The summed E-state index contributed by atoms with van der Waals surface area (Å²) in [6.07, 6.45) is 2.92. The second-order valence-corrected chi connectivity index (χ2v) is 4.65. The molecule has 1 aliphatic heterocycles. The molecule has 1 aliphatic rings. The minimum atomic E-state index is -0.208. The van der Waals surface area contributed by atoms with E-state index in [1.54, 1.807) is 0 Å². The van der Waals surface area contributed by atoms with Crippen molar-refractivity contribution in [1.82, 2.24) is 4.90 Å². The summed E-state index contributed by atoms with van der Waals surface area (Å²) >= 11 is 5.01. The summed E-state index contributed by atoms with van der Waals surface area (Å²) in [7, 11) is 0. The Kier molecular flexibility index (Phi) is 4.78. The third-order valence-electron chi connectivity index (χ3n) is 2.77. The van der Waals surface area contributed by atoms with E-state index in [4.69, 9.17) is 18.0 Å². The first-order valence-electron chi connectivity index (χ1n) is 5.29. The molecule has 2 unspecified atom stereocenters. The van der Waals surface area contributed by atoms with Gasteiger partial charge < -0.3 is 15.7 Å². The first kappa shape index (κ1) is 11.9. The fourth-order valence-electron chi connectivity index (χ4n) is 1.86. The predicted octanol–water partition coefficient (Wildman–Crippen LogP) is 0.755. The monoisotopic (exact) mass is 216 g/mol. The molecule has 0 amide bonds. The van der Waals surface area contributed by atoms with Crippen LogP contribution in [0.3, 0.4) is 0 Å². The van der Waals surface area contributed by atoms with Gasteiger partial charge in [-0.05, 0) is 32.7 Å². The molecule has 0 aromatic rings. The van der Waals surface area contributed by atoms with Gasteiger partial charge in [0, 0.05) is 19.0 Å². The van der Waals surface area contributed by atoms with E-state index < -0.39 is 0 Å². The minimum absolute atomic E-state index is 0.208. The third-order valence-corrected chi connectivity index (χ3v) is 3.10. The molecule has 2 atom stereocenters. The van der Waals surface area contributed by atoms with E-state index in [-0.39, 0.29) is 6.10 Å². The van der Waals surface area contributed by atoms with Gasteiger partial charge >= 0.3 is 0 Å². The number of hydrogen-bond donors (Lipinski definition) is 2. The zero-order valence-electron chi connectivity index (χ0n) is 8.78. The molecular weight excluding hydrogens is 196 g/mol. The Balaban J connectivity index is 2.29. The van der Waals surface area contributed by atoms with Crippen LogP contribution >= 0.6 is 12.2 Å². The van der Waals surface area contributed by atoms with Gasteiger partial charge in [0.25, 0.3) is 0 Å². The zero-order chi connectivity index (χ0) is 10.6. The van der Waals surface area contributed by atoms with Crippen LogP contribution in [-0.2, 0) is 0 Å². The van der Waals surface area contributed by atoms with Crippen LogP contribution in [0.25, 0.3) is 0 Å². The van der Waals surface area contributed by atoms with Crippen molar-refractivity contribution < 1.29 is 5.11 Å². The summed E-state index contributed by atoms with van der Waals surface area (Å²) in [5.74, 6) is 0.382. The lowest BCUT2D eigenvalue weighted by Gasteiger charge is -2.32. The average Bonchev–Trinajstić information content (AvgIpc) is 2.15. The van der Waals surface area contributed by atoms with E-state index in [1.807, 2.05) is 6.92 Å². The smallest absolute Gasteiger partial charge is 0.0771 e. The standard InChI is InChI=1S/C10H20N2OS/c1-8(13)4-6-12-5-2-3-9(7-12)10(11)14/h8-9,13H,2-7H2,1H3,(H2,11,14). The van der Waals surface area contributed by atoms with Gasteiger partial charge in [-0.1, -0.05) is 12.2 Å². The Hall–Kier alpha value is -0.190. The minimum Gasteiger partial charge on any atom is -0.393 e. The topological polar surface area (TPSA) is 49.5 Å². The van der Waals surface area contributed by atoms with Crippen molar-refractivity contribution in [3.63, 3.8) is 0 Å². The number of aliphatic hydroxyl groups excluding tert-OH is 1. The summed E-state index contributed by atoms with van der Waals surface area (Å²) in [5, 5.41) is 9.18. The molecule has 1 heterocycles. The summed E-state index contributed by atoms with van der Waals surface area (Å²) in [4.78, 5) is 2.99. The van der Waals surface area contributed by atoms with Gasteiger partial charge in [0.2, 0.25) is 0 Å². The molecule has 82 valence electrons. The van der Waals surface area contributed by atoms with Crippen LogP contribution in [0, 0.1) is 5.92 Å². The van der Waals surface area contributed by atoms with Crippen LogP contribution in [-0.4, -0.2) is 40.7 Å². The molecule has 0 saturated carbocycles. The van der Waals surface area contributed by atoms with E-state index in [0.717, 1.165) is 32.5 Å². The second kappa shape index (κ2) is 5.63. The second-order valence-electron chi connectivity index (χ2n) is 4.18. The molecule has 1 fully saturated rings. The van der Waals surface area contributed by atoms with Crippen molar-refractivity contribution in [3.8, 4) is 0 Å². The molecular formula is C10H20N2OS. The first-order valence-corrected chi connectivity index (χ1v) is 5.70. The summed E-state index contributed by atoms with van der Waals surface area (Å²) in [5.41, 5.74) is 5.64. The van der Waals surface area contributed by atoms with Crippen LogP contribution in [0.2, 0.25) is 0 Å². The molecule has 0 radical (unpaired) electrons. The molecule has 3 nitrogen and oxygen atoms in total. The average molecular weight is 216 g/mol. The molecule has 0 aromatic carbocycles. The normalized spacial score (nSPS) is 26.0. The van der Waals surface area contributed by atoms with Crippen LogP contribution in [0.5, 0.6) is 0 Å². The quantitative estimate of drug-likeness (QED) is 0.681. The van der Waals surface area contributed by atoms with Crippen LogP contribution in [0.4, 0.5) is 0 Å². The molecule has 0 bridgehead atoms. The van der Waals surface area contributed by atoms with Gasteiger partial charge in [-0.3, -0.25) is 0 Å². The highest BCUT2D eigenvalue weighted by Crippen LogP contribution is 2.16. The fourth-order valence-corrected chi connectivity index (χ4v) is 2.05. The van der Waals surface area contributed by atoms with Gasteiger partial charge in [-0.2, -0.15) is 0 Å². The van der Waals surface area contributed by atoms with E-state index in [2.05, 4.69) is 4.90 Å². The highest BCUT2D eigenvalue weighted by Gasteiger charge is 2.21. The lowest BCUT2D eigenvalue weighted by molar-refractivity contribution is 0.139. The first-order chi connectivity index (χ1) is 6.59. The summed E-state index contributed by atoms with van der Waals surface area (Å²) < 4.78 is 0. The van der Waals surface area contributed by atoms with Crippen molar-refractivity contribution >= 4 is 17.2 Å². The maximum atomic E-state index is 9.18. The maximum absolute atomic E-state index is 9.18. The molecule has 3 N–H and O–H groups in total. The Morgan fingerprint density at radius 2 is 2.43 bits per heavy atom.